The van der Waals surface area contributed by atoms with Crippen LogP contribution >= 0.6 is 0 Å². The van der Waals surface area contributed by atoms with Crippen molar-refractivity contribution in [1.82, 2.24) is 15.1 Å². The summed E-state index contributed by atoms with van der Waals surface area (Å²) in [6.07, 6.45) is 13.2. The number of unbranched alkanes of at least 4 members (excludes halogenated alkanes) is 2. The molecular formula is C41H55N3O4. The number of hydrogen-bond donors (Lipinski definition) is 3. The Labute approximate surface area is 287 Å². The van der Waals surface area contributed by atoms with Gasteiger partial charge in [0.05, 0.1) is 11.0 Å². The minimum Gasteiger partial charge on any atom is -0.508 e. The first-order valence-corrected chi connectivity index (χ1v) is 18.4. The molecule has 4 bridgehead atoms. The summed E-state index contributed by atoms with van der Waals surface area (Å²) in [6.45, 7) is 15.4. The fourth-order valence-electron chi connectivity index (χ4n) is 10.4. The molecule has 7 heteroatoms. The molecule has 0 aromatic heterocycles. The average Bonchev–Trinajstić information content (AvgIpc) is 3.42. The molecule has 0 unspecified atom stereocenters. The van der Waals surface area contributed by atoms with E-state index < -0.39 is 11.5 Å². The van der Waals surface area contributed by atoms with Crippen LogP contribution in [-0.4, -0.2) is 82.7 Å². The van der Waals surface area contributed by atoms with E-state index in [2.05, 4.69) is 75.0 Å². The lowest BCUT2D eigenvalue weighted by atomic mass is 9.49. The maximum absolute atomic E-state index is 12.9. The molecule has 7 nitrogen and oxygen atoms in total. The number of fused-ring (bicyclic) bond motifs is 4. The number of carbonyl (C=O) groups is 1. The van der Waals surface area contributed by atoms with Gasteiger partial charge in [0, 0.05) is 24.2 Å². The molecule has 1 spiro atoms. The number of likely N-dealkylation sites (N-methyl/N-ethyl adjacent to an activating group) is 1. The third kappa shape index (κ3) is 4.90. The van der Waals surface area contributed by atoms with E-state index in [1.54, 1.807) is 12.1 Å². The number of carbonyl (C=O) groups excluding carboxylic acids is 1. The molecule has 3 aliphatic carbocycles. The SMILES string of the molecule is CC(C)=CCN1CC[C@@]2(C)c3cc(O)ccc3C[C@@H]1[C@@H]2C.CCCCCN[C@@]12C=CC(=O)[C@@H]3Oc4c(O)ccc5c4[C@@]31CCN(C)[C@@H]2C5. The summed E-state index contributed by atoms with van der Waals surface area (Å²) >= 11 is 0. The number of nitrogens with one attached hydrogen (secondary N) is 1. The summed E-state index contributed by atoms with van der Waals surface area (Å²) < 4.78 is 6.20. The van der Waals surface area contributed by atoms with Crippen molar-refractivity contribution in [1.29, 1.82) is 0 Å². The van der Waals surface area contributed by atoms with Gasteiger partial charge in [-0.3, -0.25) is 9.69 Å². The Balaban J connectivity index is 0.000000157. The van der Waals surface area contributed by atoms with Gasteiger partial charge in [0.2, 0.25) is 0 Å². The highest BCUT2D eigenvalue weighted by atomic mass is 16.5. The van der Waals surface area contributed by atoms with Crippen LogP contribution in [0.5, 0.6) is 17.2 Å². The van der Waals surface area contributed by atoms with Gasteiger partial charge in [0.25, 0.3) is 0 Å². The van der Waals surface area contributed by atoms with Crippen LogP contribution in [0, 0.1) is 5.92 Å². The Morgan fingerprint density at radius 3 is 2.65 bits per heavy atom. The molecule has 258 valence electrons. The van der Waals surface area contributed by atoms with Gasteiger partial charge in [0.1, 0.15) is 5.75 Å². The maximum atomic E-state index is 12.9. The molecule has 3 N–H and O–H groups in total. The molecule has 2 fully saturated rings. The molecule has 7 atom stereocenters. The molecule has 3 aliphatic heterocycles. The average molecular weight is 654 g/mol. The predicted molar refractivity (Wildman–Crippen MR) is 191 cm³/mol. The van der Waals surface area contributed by atoms with E-state index >= 15 is 0 Å². The standard InChI is InChI=1S/C22H28N2O3.C19H27NO/c1-3-4-5-11-23-22-9-8-16(26)20-21(22)10-12-24(2)17(22)13-14-6-7-15(25)19(27-20)18(14)21;1-13(2)7-9-20-10-8-19(4)14(3)18(20)11-15-5-6-16(21)12-17(15)19/h6-9,17,20,23,25H,3-5,10-13H2,1-2H3;5-7,12,14,18,21H,8-11H2,1-4H3/t17-,20+,21+,22-;14-,18+,19+/m10/s1. The van der Waals surface area contributed by atoms with Gasteiger partial charge in [-0.25, -0.2) is 0 Å². The quantitative estimate of drug-likeness (QED) is 0.243. The zero-order valence-corrected chi connectivity index (χ0v) is 29.8. The van der Waals surface area contributed by atoms with Crippen LogP contribution in [0.4, 0.5) is 0 Å². The Morgan fingerprint density at radius 2 is 1.88 bits per heavy atom. The normalized spacial score (nSPS) is 34.0. The van der Waals surface area contributed by atoms with Crippen LogP contribution in [0.2, 0.25) is 0 Å². The fraction of sp³-hybridized carbons (Fsp3) is 0.585. The summed E-state index contributed by atoms with van der Waals surface area (Å²) in [6, 6.07) is 10.6. The van der Waals surface area contributed by atoms with E-state index in [0.29, 0.717) is 23.5 Å². The number of ketones is 1. The van der Waals surface area contributed by atoms with Gasteiger partial charge in [-0.15, -0.1) is 0 Å². The van der Waals surface area contributed by atoms with Gasteiger partial charge in [-0.1, -0.05) is 63.5 Å². The third-order valence-corrected chi connectivity index (χ3v) is 13.2. The number of nitrogens with zero attached hydrogens (tertiary/aromatic N) is 2. The summed E-state index contributed by atoms with van der Waals surface area (Å²) in [5.41, 5.74) is 5.96. The first-order chi connectivity index (χ1) is 23.0. The molecule has 0 radical (unpaired) electrons. The van der Waals surface area contributed by atoms with Gasteiger partial charge in [-0.05, 0) is 125 Å². The van der Waals surface area contributed by atoms with Crippen molar-refractivity contribution in [2.75, 3.05) is 33.2 Å². The first kappa shape index (κ1) is 33.4. The van der Waals surface area contributed by atoms with Crippen LogP contribution in [0.1, 0.15) is 89.0 Å². The lowest BCUT2D eigenvalue weighted by Crippen LogP contribution is -2.79. The molecule has 48 heavy (non-hydrogen) atoms. The number of allylic oxidation sites excluding steroid dienone is 1. The highest BCUT2D eigenvalue weighted by Crippen LogP contribution is 2.63. The summed E-state index contributed by atoms with van der Waals surface area (Å²) in [7, 11) is 2.19. The molecule has 3 heterocycles. The van der Waals surface area contributed by atoms with Gasteiger partial charge >= 0.3 is 0 Å². The zero-order valence-electron chi connectivity index (χ0n) is 29.8. The minimum atomic E-state index is -0.542. The van der Waals surface area contributed by atoms with Gasteiger partial charge < -0.3 is 25.2 Å². The van der Waals surface area contributed by atoms with Crippen LogP contribution in [0.15, 0.2) is 54.1 Å². The molecule has 2 aromatic rings. The zero-order chi connectivity index (χ0) is 34.0. The van der Waals surface area contributed by atoms with Crippen molar-refractivity contribution in [2.24, 2.45) is 5.92 Å². The third-order valence-electron chi connectivity index (χ3n) is 13.2. The molecule has 6 aliphatic rings. The molecule has 8 rings (SSSR count). The highest BCUT2D eigenvalue weighted by molar-refractivity contribution is 5.99. The molecule has 0 saturated carbocycles. The van der Waals surface area contributed by atoms with E-state index in [1.807, 2.05) is 18.2 Å². The van der Waals surface area contributed by atoms with Crippen molar-refractivity contribution >= 4 is 5.78 Å². The lowest BCUT2D eigenvalue weighted by molar-refractivity contribution is -0.129. The Hall–Kier alpha value is -3.13. The Bertz CT molecular complexity index is 1650. The smallest absolute Gasteiger partial charge is 0.196 e. The maximum Gasteiger partial charge on any atom is 0.196 e. The van der Waals surface area contributed by atoms with Gasteiger partial charge in [-0.2, -0.15) is 0 Å². The number of hydrogen-bond acceptors (Lipinski definition) is 7. The number of rotatable bonds is 7. The number of phenolic OH excluding ortho intramolecular Hbond substituents is 2. The lowest BCUT2D eigenvalue weighted by Gasteiger charge is -2.63. The first-order valence-electron chi connectivity index (χ1n) is 18.4. The van der Waals surface area contributed by atoms with E-state index in [9.17, 15) is 15.0 Å². The second-order valence-corrected chi connectivity index (χ2v) is 16.0. The van der Waals surface area contributed by atoms with Crippen molar-refractivity contribution in [3.63, 3.8) is 0 Å². The topological polar surface area (TPSA) is 85.3 Å². The van der Waals surface area contributed by atoms with Crippen LogP contribution in [0.3, 0.4) is 0 Å². The van der Waals surface area contributed by atoms with Crippen molar-refractivity contribution in [2.45, 2.75) is 114 Å². The monoisotopic (exact) mass is 653 g/mol. The summed E-state index contributed by atoms with van der Waals surface area (Å²) in [5.74, 6) is 1.76. The second kappa shape index (κ2) is 12.3. The van der Waals surface area contributed by atoms with Crippen LogP contribution in [-0.2, 0) is 28.5 Å². The fourth-order valence-corrected chi connectivity index (χ4v) is 10.4. The molecule has 2 aromatic carbocycles. The highest BCUT2D eigenvalue weighted by Gasteiger charge is 2.71. The Kier molecular flexibility index (Phi) is 8.57. The van der Waals surface area contributed by atoms with E-state index in [1.165, 1.54) is 41.5 Å². The van der Waals surface area contributed by atoms with E-state index in [-0.39, 0.29) is 28.5 Å². The van der Waals surface area contributed by atoms with Crippen LogP contribution in [0.25, 0.3) is 0 Å². The Morgan fingerprint density at radius 1 is 1.08 bits per heavy atom. The van der Waals surface area contributed by atoms with Crippen LogP contribution < -0.4 is 10.1 Å². The number of phenols is 2. The number of piperidine rings is 2. The van der Waals surface area contributed by atoms with E-state index in [4.69, 9.17) is 4.74 Å². The van der Waals surface area contributed by atoms with Crippen molar-refractivity contribution in [3.05, 3.63) is 76.4 Å². The molecule has 2 saturated heterocycles. The van der Waals surface area contributed by atoms with Gasteiger partial charge in [0.15, 0.2) is 23.4 Å². The van der Waals surface area contributed by atoms with E-state index in [0.717, 1.165) is 57.4 Å². The van der Waals surface area contributed by atoms with Crippen molar-refractivity contribution in [3.8, 4) is 17.2 Å². The molecular weight excluding hydrogens is 598 g/mol. The number of aromatic hydroxyl groups is 2. The summed E-state index contributed by atoms with van der Waals surface area (Å²) in [4.78, 5) is 18.0. The second-order valence-electron chi connectivity index (χ2n) is 16.0. The predicted octanol–water partition coefficient (Wildman–Crippen LogP) is 6.19. The number of likely N-dealkylation sites (tertiary alicyclic amines) is 2. The molecule has 0 amide bonds. The number of benzene rings is 2. The largest absolute Gasteiger partial charge is 0.508 e. The van der Waals surface area contributed by atoms with Crippen molar-refractivity contribution < 1.29 is 19.7 Å². The number of ether oxygens (including phenoxy) is 1. The minimum absolute atomic E-state index is 0.0211. The summed E-state index contributed by atoms with van der Waals surface area (Å²) in [5, 5.41) is 24.3.